The van der Waals surface area contributed by atoms with Crippen LogP contribution in [0.3, 0.4) is 0 Å². The second kappa shape index (κ2) is 12.5. The van der Waals surface area contributed by atoms with E-state index < -0.39 is 34.8 Å². The minimum absolute atomic E-state index is 0.0957. The van der Waals surface area contributed by atoms with Crippen molar-refractivity contribution in [3.63, 3.8) is 0 Å². The summed E-state index contributed by atoms with van der Waals surface area (Å²) in [5.41, 5.74) is -4.28. The Hall–Kier alpha value is -2.63. The SMILES string of the molecule is OC(Cc1ccccc1)[C@H]1OC(O)(CI)[C@@](O)(Cc2ccccc2)[C@](O)(Cc2ccccc2)[C@@]1(O)Cc1ccccc1. The molecular weight excluding hydrogens is 643 g/mol. The number of alkyl halides is 1. The smallest absolute Gasteiger partial charge is 0.207 e. The van der Waals surface area contributed by atoms with Crippen molar-refractivity contribution in [2.24, 2.45) is 0 Å². The summed E-state index contributed by atoms with van der Waals surface area (Å²) in [5.74, 6) is -2.34. The molecule has 1 fully saturated rings. The fraction of sp³-hybridized carbons (Fsp3) is 0.314. The molecule has 4 aromatic rings. The largest absolute Gasteiger partial charge is 0.390 e. The molecule has 1 heterocycles. The molecule has 0 aromatic heterocycles. The highest BCUT2D eigenvalue weighted by Gasteiger charge is 2.76. The van der Waals surface area contributed by atoms with E-state index in [2.05, 4.69) is 0 Å². The predicted octanol–water partition coefficient (Wildman–Crippen LogP) is 4.03. The van der Waals surface area contributed by atoms with Gasteiger partial charge in [-0.15, -0.1) is 0 Å². The fourth-order valence-electron chi connectivity index (χ4n) is 6.34. The minimum Gasteiger partial charge on any atom is -0.390 e. The summed E-state index contributed by atoms with van der Waals surface area (Å²) < 4.78 is 6.17. The summed E-state index contributed by atoms with van der Waals surface area (Å²) in [5, 5.41) is 62.7. The van der Waals surface area contributed by atoms with Crippen LogP contribution in [0.5, 0.6) is 0 Å². The maximum Gasteiger partial charge on any atom is 0.207 e. The molecule has 2 unspecified atom stereocenters. The Morgan fingerprint density at radius 3 is 1.38 bits per heavy atom. The topological polar surface area (TPSA) is 110 Å². The van der Waals surface area contributed by atoms with E-state index in [1.807, 2.05) is 120 Å². The van der Waals surface area contributed by atoms with Crippen LogP contribution in [0.15, 0.2) is 121 Å². The first kappa shape index (κ1) is 30.8. The molecule has 220 valence electrons. The van der Waals surface area contributed by atoms with Crippen LogP contribution in [0.25, 0.3) is 0 Å². The van der Waals surface area contributed by atoms with Gasteiger partial charge in [-0.1, -0.05) is 144 Å². The van der Waals surface area contributed by atoms with Gasteiger partial charge >= 0.3 is 0 Å². The second-order valence-corrected chi connectivity index (χ2v) is 12.1. The van der Waals surface area contributed by atoms with Crippen molar-refractivity contribution in [2.45, 2.75) is 60.5 Å². The third-order valence-corrected chi connectivity index (χ3v) is 9.61. The van der Waals surface area contributed by atoms with Crippen LogP contribution in [-0.4, -0.2) is 64.8 Å². The van der Waals surface area contributed by atoms with E-state index in [4.69, 9.17) is 4.74 Å². The van der Waals surface area contributed by atoms with E-state index >= 15 is 0 Å². The average molecular weight is 681 g/mol. The van der Waals surface area contributed by atoms with E-state index in [0.29, 0.717) is 16.7 Å². The number of aliphatic hydroxyl groups excluding tert-OH is 1. The molecule has 5 N–H and O–H groups in total. The van der Waals surface area contributed by atoms with Gasteiger partial charge in [0.2, 0.25) is 5.79 Å². The van der Waals surface area contributed by atoms with Crippen molar-refractivity contribution in [1.82, 2.24) is 0 Å². The number of halogens is 1. The predicted molar refractivity (Wildman–Crippen MR) is 170 cm³/mol. The Balaban J connectivity index is 1.72. The molecular formula is C35H37IO6. The molecule has 0 amide bonds. The van der Waals surface area contributed by atoms with E-state index in [1.54, 1.807) is 24.3 Å². The van der Waals surface area contributed by atoms with Crippen molar-refractivity contribution in [2.75, 3.05) is 4.43 Å². The molecule has 4 aromatic carbocycles. The van der Waals surface area contributed by atoms with Gasteiger partial charge < -0.3 is 30.3 Å². The first-order valence-electron chi connectivity index (χ1n) is 14.1. The Bertz CT molecular complexity index is 1430. The van der Waals surface area contributed by atoms with Crippen molar-refractivity contribution in [3.8, 4) is 0 Å². The quantitative estimate of drug-likeness (QED) is 0.128. The maximum absolute atomic E-state index is 13.1. The molecule has 6 atom stereocenters. The van der Waals surface area contributed by atoms with Crippen molar-refractivity contribution >= 4 is 22.6 Å². The van der Waals surface area contributed by atoms with Crippen LogP contribution in [0.4, 0.5) is 0 Å². The molecule has 0 spiro atoms. The Morgan fingerprint density at radius 1 is 0.571 bits per heavy atom. The molecule has 1 aliphatic heterocycles. The van der Waals surface area contributed by atoms with Crippen LogP contribution >= 0.6 is 22.6 Å². The minimum atomic E-state index is -2.40. The average Bonchev–Trinajstić information content (AvgIpc) is 3.00. The molecule has 0 saturated carbocycles. The number of hydrogen-bond acceptors (Lipinski definition) is 6. The van der Waals surface area contributed by atoms with Gasteiger partial charge in [0, 0.05) is 25.7 Å². The standard InChI is InChI=1S/C35H37IO6/c36-25-35(41)34(40,24-29-19-11-4-12-20-29)33(39,23-28-17-9-3-10-18-28)32(38,22-27-15-7-2-8-16-27)31(42-35)30(37)21-26-13-5-1-6-14-26/h1-20,30-31,37-41H,21-25H2/t30?,31-,32-,33+,34-,35?/m1/s1. The van der Waals surface area contributed by atoms with Gasteiger partial charge in [0.25, 0.3) is 0 Å². The van der Waals surface area contributed by atoms with Gasteiger partial charge in [-0.05, 0) is 22.3 Å². The van der Waals surface area contributed by atoms with Crippen LogP contribution in [-0.2, 0) is 30.4 Å². The molecule has 1 saturated heterocycles. The zero-order valence-electron chi connectivity index (χ0n) is 23.3. The number of benzene rings is 4. The summed E-state index contributed by atoms with van der Waals surface area (Å²) in [6.45, 7) is 0. The monoisotopic (exact) mass is 680 g/mol. The van der Waals surface area contributed by atoms with Gasteiger partial charge in [0.05, 0.1) is 10.5 Å². The highest BCUT2D eigenvalue weighted by Crippen LogP contribution is 2.54. The Morgan fingerprint density at radius 2 is 0.952 bits per heavy atom. The molecule has 5 rings (SSSR count). The lowest BCUT2D eigenvalue weighted by molar-refractivity contribution is -0.437. The van der Waals surface area contributed by atoms with Crippen LogP contribution in [0.1, 0.15) is 22.3 Å². The first-order valence-corrected chi connectivity index (χ1v) is 15.6. The second-order valence-electron chi connectivity index (χ2n) is 11.3. The molecule has 42 heavy (non-hydrogen) atoms. The summed E-state index contributed by atoms with van der Waals surface area (Å²) in [7, 11) is 0. The zero-order chi connectivity index (χ0) is 29.8. The molecule has 6 nitrogen and oxygen atoms in total. The van der Waals surface area contributed by atoms with E-state index in [9.17, 15) is 25.5 Å². The van der Waals surface area contributed by atoms with Gasteiger partial charge in [-0.25, -0.2) is 0 Å². The van der Waals surface area contributed by atoms with Crippen molar-refractivity contribution < 1.29 is 30.3 Å². The molecule has 0 bridgehead atoms. The maximum atomic E-state index is 13.1. The zero-order valence-corrected chi connectivity index (χ0v) is 25.4. The molecule has 1 aliphatic rings. The van der Waals surface area contributed by atoms with E-state index in [-0.39, 0.29) is 30.1 Å². The molecule has 0 aliphatic carbocycles. The normalized spacial score (nSPS) is 30.1. The third-order valence-electron chi connectivity index (χ3n) is 8.58. The van der Waals surface area contributed by atoms with Crippen molar-refractivity contribution in [3.05, 3.63) is 144 Å². The lowest BCUT2D eigenvalue weighted by Gasteiger charge is -2.64. The fourth-order valence-corrected chi connectivity index (χ4v) is 7.15. The van der Waals surface area contributed by atoms with Gasteiger partial charge in [-0.2, -0.15) is 0 Å². The lowest BCUT2D eigenvalue weighted by Crippen LogP contribution is -2.87. The molecule has 0 radical (unpaired) electrons. The molecule has 7 heteroatoms. The van der Waals surface area contributed by atoms with Crippen LogP contribution < -0.4 is 0 Å². The number of aliphatic hydroxyl groups is 5. The van der Waals surface area contributed by atoms with Gasteiger partial charge in [0.1, 0.15) is 17.3 Å². The number of hydrogen-bond donors (Lipinski definition) is 5. The first-order chi connectivity index (χ1) is 20.1. The Labute approximate surface area is 260 Å². The highest BCUT2D eigenvalue weighted by molar-refractivity contribution is 14.1. The number of ether oxygens (including phenoxy) is 1. The third kappa shape index (κ3) is 5.67. The Kier molecular flexibility index (Phi) is 9.20. The van der Waals surface area contributed by atoms with Crippen LogP contribution in [0.2, 0.25) is 0 Å². The summed E-state index contributed by atoms with van der Waals surface area (Å²) in [6.07, 6.45) is -3.28. The van der Waals surface area contributed by atoms with E-state index in [1.165, 1.54) is 0 Å². The summed E-state index contributed by atoms with van der Waals surface area (Å²) in [4.78, 5) is 0. The van der Waals surface area contributed by atoms with Crippen molar-refractivity contribution in [1.29, 1.82) is 0 Å². The van der Waals surface area contributed by atoms with E-state index in [0.717, 1.165) is 5.56 Å². The highest BCUT2D eigenvalue weighted by atomic mass is 127. The summed E-state index contributed by atoms with van der Waals surface area (Å²) >= 11 is 1.92. The summed E-state index contributed by atoms with van der Waals surface area (Å²) in [6, 6.07) is 36.6. The van der Waals surface area contributed by atoms with Gasteiger partial charge in [0.15, 0.2) is 5.60 Å². The number of rotatable bonds is 10. The van der Waals surface area contributed by atoms with Crippen LogP contribution in [0, 0.1) is 0 Å². The van der Waals surface area contributed by atoms with Gasteiger partial charge in [-0.3, -0.25) is 0 Å². The lowest BCUT2D eigenvalue weighted by atomic mass is 9.56.